The van der Waals surface area contributed by atoms with Crippen molar-refractivity contribution in [2.24, 2.45) is 11.5 Å². The van der Waals surface area contributed by atoms with Crippen LogP contribution in [0.5, 0.6) is 0 Å². The van der Waals surface area contributed by atoms with E-state index in [9.17, 15) is 0 Å². The van der Waals surface area contributed by atoms with Gasteiger partial charge in [-0.05, 0) is 25.9 Å². The molecule has 0 aliphatic carbocycles. The standard InChI is InChI=1S/C4H12N2.Cu.2H2O4S.12H2O.Zn/c5-3-1-2-4-6;;2*1-5(2,3)4;;;;;;;;;;;;;/h1-6H2;;2*(H2,1,2,3,4);12*1H2;/q;+2;;;;;;;;;;;;;;;+2/p-4. The van der Waals surface area contributed by atoms with Crippen LogP contribution in [0.15, 0.2) is 0 Å². The largest absolute Gasteiger partial charge is 2.00 e. The first kappa shape index (κ1) is 147. The molecule has 0 atom stereocenters. The molecular weight excluding hydrogens is 589 g/mol. The summed E-state index contributed by atoms with van der Waals surface area (Å²) in [6, 6.07) is 0. The third kappa shape index (κ3) is 1910. The van der Waals surface area contributed by atoms with Gasteiger partial charge in [0, 0.05) is 20.8 Å². The van der Waals surface area contributed by atoms with E-state index in [2.05, 4.69) is 0 Å². The van der Waals surface area contributed by atoms with Gasteiger partial charge in [-0.25, -0.2) is 0 Å². The Balaban J connectivity index is -0.00000000458. The summed E-state index contributed by atoms with van der Waals surface area (Å²) < 4.78 is 68.2. The minimum Gasteiger partial charge on any atom is -0.759 e. The molecular formula is C4H36CuN2O20S2Zn. The van der Waals surface area contributed by atoms with Crippen molar-refractivity contribution in [3.05, 3.63) is 0 Å². The third-order valence-corrected chi connectivity index (χ3v) is 0.658. The van der Waals surface area contributed by atoms with E-state index in [1.165, 1.54) is 0 Å². The van der Waals surface area contributed by atoms with Crippen molar-refractivity contribution in [1.29, 1.82) is 0 Å². The molecule has 26 heteroatoms. The molecule has 0 saturated heterocycles. The summed E-state index contributed by atoms with van der Waals surface area (Å²) in [5, 5.41) is 0. The number of hydrogen-bond acceptors (Lipinski definition) is 10. The number of hydrogen-bond donors (Lipinski definition) is 2. The predicted octanol–water partition coefficient (Wildman–Crippen LogP) is -12.9. The van der Waals surface area contributed by atoms with Crippen LogP contribution in [-0.4, -0.2) is 114 Å². The molecule has 0 bridgehead atoms. The molecule has 0 aromatic carbocycles. The topological polar surface area (TPSA) is 591 Å². The van der Waals surface area contributed by atoms with Gasteiger partial charge >= 0.3 is 36.5 Å². The molecule has 0 saturated carbocycles. The maximum absolute atomic E-state index is 8.52. The molecule has 0 rings (SSSR count). The van der Waals surface area contributed by atoms with E-state index in [0.717, 1.165) is 25.9 Å². The minimum atomic E-state index is -5.17. The Labute approximate surface area is 195 Å². The number of unbranched alkanes of at least 4 members (excludes halogenated alkanes) is 1. The van der Waals surface area contributed by atoms with Crippen molar-refractivity contribution >= 4 is 20.8 Å². The van der Waals surface area contributed by atoms with Gasteiger partial charge in [-0.2, -0.15) is 0 Å². The minimum absolute atomic E-state index is 0. The maximum atomic E-state index is 8.52. The van der Waals surface area contributed by atoms with E-state index in [4.69, 9.17) is 46.5 Å². The van der Waals surface area contributed by atoms with Gasteiger partial charge in [-0.3, -0.25) is 16.8 Å². The van der Waals surface area contributed by atoms with Gasteiger partial charge in [0.15, 0.2) is 0 Å². The monoisotopic (exact) mass is 623 g/mol. The Morgan fingerprint density at radius 1 is 0.467 bits per heavy atom. The second-order valence-electron chi connectivity index (χ2n) is 2.10. The van der Waals surface area contributed by atoms with E-state index >= 15 is 0 Å². The first-order valence-electron chi connectivity index (χ1n) is 3.65. The van der Waals surface area contributed by atoms with Crippen LogP contribution in [0.2, 0.25) is 0 Å². The summed E-state index contributed by atoms with van der Waals surface area (Å²) in [5.41, 5.74) is 10.3. The van der Waals surface area contributed by atoms with Gasteiger partial charge in [-0.15, -0.1) is 0 Å². The zero-order valence-corrected chi connectivity index (χ0v) is 20.6. The van der Waals surface area contributed by atoms with E-state index in [-0.39, 0.29) is 102 Å². The van der Waals surface area contributed by atoms with E-state index in [1.807, 2.05) is 0 Å². The molecule has 28 N–H and O–H groups in total. The van der Waals surface area contributed by atoms with Crippen LogP contribution in [0.1, 0.15) is 12.8 Å². The summed E-state index contributed by atoms with van der Waals surface area (Å²) in [6.45, 7) is 1.55. The van der Waals surface area contributed by atoms with Crippen LogP contribution < -0.4 is 11.5 Å². The molecule has 1 radical (unpaired) electrons. The first-order valence-corrected chi connectivity index (χ1v) is 6.32. The molecule has 30 heavy (non-hydrogen) atoms. The van der Waals surface area contributed by atoms with Crippen LogP contribution in [0.3, 0.4) is 0 Å². The first-order chi connectivity index (χ1) is 6.91. The average molecular weight is 625 g/mol. The smallest absolute Gasteiger partial charge is 0.759 e. The predicted molar refractivity (Wildman–Crippen MR) is 91.7 cm³/mol. The third-order valence-electron chi connectivity index (χ3n) is 0.658. The molecule has 0 aromatic heterocycles. The molecule has 0 aliphatic heterocycles. The molecule has 0 aromatic rings. The van der Waals surface area contributed by atoms with Crippen molar-refractivity contribution in [1.82, 2.24) is 0 Å². The molecule has 0 spiro atoms. The van der Waals surface area contributed by atoms with Crippen LogP contribution in [0.25, 0.3) is 0 Å². The Morgan fingerprint density at radius 2 is 0.533 bits per heavy atom. The molecule has 0 aliphatic rings. The summed E-state index contributed by atoms with van der Waals surface area (Å²) in [4.78, 5) is 0. The van der Waals surface area contributed by atoms with Gasteiger partial charge in [-0.1, -0.05) is 0 Å². The zero-order chi connectivity index (χ0) is 13.8. The summed E-state index contributed by atoms with van der Waals surface area (Å²) in [6.07, 6.45) is 2.13. The Bertz CT molecular complexity index is 293. The Kier molecular flexibility index (Phi) is 432. The summed E-state index contributed by atoms with van der Waals surface area (Å²) in [5.74, 6) is 0. The Morgan fingerprint density at radius 3 is 0.567 bits per heavy atom. The second-order valence-corrected chi connectivity index (χ2v) is 3.73. The van der Waals surface area contributed by atoms with Crippen molar-refractivity contribution in [2.45, 2.75) is 12.8 Å². The van der Waals surface area contributed by atoms with Gasteiger partial charge in [0.2, 0.25) is 0 Å². The molecule has 0 fully saturated rings. The molecule has 207 valence electrons. The van der Waals surface area contributed by atoms with Crippen LogP contribution in [-0.2, 0) is 57.3 Å². The maximum Gasteiger partial charge on any atom is 2.00 e. The second kappa shape index (κ2) is 88.3. The fraction of sp³-hybridized carbons (Fsp3) is 1.00. The van der Waals surface area contributed by atoms with Crippen molar-refractivity contribution in [2.75, 3.05) is 13.1 Å². The van der Waals surface area contributed by atoms with Crippen LogP contribution >= 0.6 is 0 Å². The summed E-state index contributed by atoms with van der Waals surface area (Å²) in [7, 11) is -10.3. The number of nitrogens with two attached hydrogens (primary N) is 2. The van der Waals surface area contributed by atoms with Crippen molar-refractivity contribution in [3.8, 4) is 0 Å². The summed E-state index contributed by atoms with van der Waals surface area (Å²) >= 11 is 0. The average Bonchev–Trinajstić information content (AvgIpc) is 1.94. The van der Waals surface area contributed by atoms with Gasteiger partial charge in [0.25, 0.3) is 0 Å². The van der Waals surface area contributed by atoms with Gasteiger partial charge in [0.05, 0.1) is 0 Å². The van der Waals surface area contributed by atoms with E-state index in [1.54, 1.807) is 0 Å². The molecule has 0 heterocycles. The normalized spacial score (nSPS) is 5.67. The quantitative estimate of drug-likeness (QED) is 0.129. The molecule has 22 nitrogen and oxygen atoms in total. The van der Waals surface area contributed by atoms with Crippen LogP contribution in [0, 0.1) is 0 Å². The number of rotatable bonds is 3. The van der Waals surface area contributed by atoms with Crippen molar-refractivity contribution in [3.63, 3.8) is 0 Å². The zero-order valence-electron chi connectivity index (χ0n) is 15.1. The Hall–Kier alpha value is 0.323. The van der Waals surface area contributed by atoms with Gasteiger partial charge in [0.1, 0.15) is 0 Å². The van der Waals surface area contributed by atoms with Crippen LogP contribution in [0.4, 0.5) is 0 Å². The fourth-order valence-electron chi connectivity index (χ4n) is 0.289. The SMILES string of the molecule is NCCCCN.O.O.O.O.O.O.O.O.O.O.O.O.O=S(=O)([O-])[O-].O=S(=O)([O-])[O-].[Cu+2].[Zn+2]. The van der Waals surface area contributed by atoms with Crippen molar-refractivity contribution < 1.29 is 137 Å². The fourth-order valence-corrected chi connectivity index (χ4v) is 0.289. The van der Waals surface area contributed by atoms with E-state index in [0.29, 0.717) is 0 Å². The van der Waals surface area contributed by atoms with Gasteiger partial charge < -0.3 is 95.4 Å². The molecule has 0 amide bonds. The van der Waals surface area contributed by atoms with E-state index < -0.39 is 20.8 Å². The molecule has 0 unspecified atom stereocenters.